The van der Waals surface area contributed by atoms with Gasteiger partial charge in [0.1, 0.15) is 34.3 Å². The normalized spacial score (nSPS) is 11.8. The maximum atomic E-state index is 14.8. The Kier molecular flexibility index (Phi) is 7.92. The molecule has 9 nitrogen and oxygen atoms in total. The third-order valence-corrected chi connectivity index (χ3v) is 6.96. The molecular weight excluding hydrogens is 546 g/mol. The minimum absolute atomic E-state index is 0.129. The first-order valence-corrected chi connectivity index (χ1v) is 12.9. The molecule has 0 saturated carbocycles. The molecule has 42 heavy (non-hydrogen) atoms. The second kappa shape index (κ2) is 11.7. The van der Waals surface area contributed by atoms with Crippen molar-refractivity contribution in [2.24, 2.45) is 0 Å². The van der Waals surface area contributed by atoms with Crippen molar-refractivity contribution < 1.29 is 32.9 Å². The van der Waals surface area contributed by atoms with Crippen LogP contribution in [0.4, 0.5) is 20.3 Å². The highest BCUT2D eigenvalue weighted by molar-refractivity contribution is 5.97. The van der Waals surface area contributed by atoms with Crippen molar-refractivity contribution in [3.63, 3.8) is 0 Å². The number of hydrogen-bond acceptors (Lipinski definition) is 8. The number of esters is 1. The number of fused-ring (bicyclic) bond motifs is 1. The second-order valence-electron chi connectivity index (χ2n) is 9.50. The molecule has 0 spiro atoms. The Morgan fingerprint density at radius 3 is 2.36 bits per heavy atom. The minimum atomic E-state index is -0.826. The molecule has 0 radical (unpaired) electrons. The summed E-state index contributed by atoms with van der Waals surface area (Å²) in [6.45, 7) is 1.92. The predicted octanol–water partition coefficient (Wildman–Crippen LogP) is 6.17. The molecule has 0 bridgehead atoms. The van der Waals surface area contributed by atoms with E-state index in [1.54, 1.807) is 56.6 Å². The molecule has 2 heterocycles. The first-order valence-electron chi connectivity index (χ1n) is 12.9. The van der Waals surface area contributed by atoms with Crippen LogP contribution in [0.25, 0.3) is 22.3 Å². The molecule has 11 heteroatoms. The highest BCUT2D eigenvalue weighted by Gasteiger charge is 2.22. The van der Waals surface area contributed by atoms with E-state index in [1.165, 1.54) is 24.9 Å². The number of rotatable bonds is 9. The molecule has 5 aromatic rings. The largest absolute Gasteiger partial charge is 0.497 e. The molecule has 216 valence electrons. The second-order valence-corrected chi connectivity index (χ2v) is 9.50. The first kappa shape index (κ1) is 28.3. The number of carbonyl (C=O) groups excluding carboxylic acids is 1. The van der Waals surface area contributed by atoms with E-state index in [0.29, 0.717) is 17.2 Å². The van der Waals surface area contributed by atoms with Gasteiger partial charge in [-0.25, -0.2) is 18.7 Å². The lowest BCUT2D eigenvalue weighted by Crippen LogP contribution is -2.10. The average molecular weight is 575 g/mol. The standard InChI is InChI=1S/C31H28F2N4O5/c1-17(31(39)42-4)18-8-11-20(12-9-18)34-29-27-24(35-28(36-29)26-22(32)6-5-7-23(26)33)16-37(30(27)38)15-19-10-13-21(40-2)14-25(19)41-3/h5-14,16-17,38H,15H2,1-4H3,(H,34,35,36). The number of ether oxygens (including phenoxy) is 3. The number of aromatic hydroxyl groups is 1. The lowest BCUT2D eigenvalue weighted by atomic mass is 10.0. The predicted molar refractivity (Wildman–Crippen MR) is 153 cm³/mol. The summed E-state index contributed by atoms with van der Waals surface area (Å²) < 4.78 is 46.7. The number of aromatic nitrogens is 3. The van der Waals surface area contributed by atoms with E-state index in [9.17, 15) is 18.7 Å². The van der Waals surface area contributed by atoms with Crippen molar-refractivity contribution in [2.75, 3.05) is 26.6 Å². The van der Waals surface area contributed by atoms with Gasteiger partial charge in [0, 0.05) is 23.5 Å². The molecule has 5 rings (SSSR count). The van der Waals surface area contributed by atoms with Gasteiger partial charge in [0.2, 0.25) is 5.88 Å². The van der Waals surface area contributed by atoms with E-state index in [0.717, 1.165) is 23.3 Å². The maximum absolute atomic E-state index is 14.8. The highest BCUT2D eigenvalue weighted by Crippen LogP contribution is 2.37. The van der Waals surface area contributed by atoms with Crippen LogP contribution in [0.5, 0.6) is 17.4 Å². The Labute approximate surface area is 240 Å². The van der Waals surface area contributed by atoms with E-state index in [2.05, 4.69) is 15.3 Å². The first-order chi connectivity index (χ1) is 20.2. The molecule has 0 aliphatic rings. The van der Waals surface area contributed by atoms with Gasteiger partial charge in [-0.15, -0.1) is 0 Å². The van der Waals surface area contributed by atoms with Gasteiger partial charge in [-0.1, -0.05) is 18.2 Å². The number of benzene rings is 3. The van der Waals surface area contributed by atoms with Crippen molar-refractivity contribution in [1.29, 1.82) is 0 Å². The van der Waals surface area contributed by atoms with Gasteiger partial charge < -0.3 is 29.2 Å². The summed E-state index contributed by atoms with van der Waals surface area (Å²) in [6.07, 6.45) is 1.57. The van der Waals surface area contributed by atoms with Crippen molar-refractivity contribution >= 4 is 28.4 Å². The molecule has 0 fully saturated rings. The fourth-order valence-corrected chi connectivity index (χ4v) is 4.65. The summed E-state index contributed by atoms with van der Waals surface area (Å²) in [4.78, 5) is 20.8. The lowest BCUT2D eigenvalue weighted by Gasteiger charge is -2.13. The summed E-state index contributed by atoms with van der Waals surface area (Å²) in [5.41, 5.74) is 1.89. The van der Waals surface area contributed by atoms with E-state index in [-0.39, 0.29) is 40.9 Å². The van der Waals surface area contributed by atoms with Crippen molar-refractivity contribution in [1.82, 2.24) is 14.5 Å². The number of anilines is 2. The Morgan fingerprint density at radius 1 is 1.00 bits per heavy atom. The monoisotopic (exact) mass is 574 g/mol. The van der Waals surface area contributed by atoms with Crippen LogP contribution in [0.1, 0.15) is 24.0 Å². The zero-order chi connectivity index (χ0) is 30.0. The SMILES string of the molecule is COC(=O)C(C)c1ccc(Nc2nc(-c3c(F)cccc3F)nc3cn(Cc4ccc(OC)cc4OC)c(O)c23)cc1. The van der Waals surface area contributed by atoms with Crippen molar-refractivity contribution in [3.05, 3.63) is 89.6 Å². The van der Waals surface area contributed by atoms with Crippen LogP contribution in [-0.4, -0.2) is 46.9 Å². The third-order valence-electron chi connectivity index (χ3n) is 6.96. The molecular formula is C31H28F2N4O5. The van der Waals surface area contributed by atoms with E-state index < -0.39 is 23.1 Å². The summed E-state index contributed by atoms with van der Waals surface area (Å²) in [5.74, 6) is -1.57. The van der Waals surface area contributed by atoms with Crippen LogP contribution in [0.15, 0.2) is 66.9 Å². The number of nitrogens with one attached hydrogen (secondary N) is 1. The number of halogens is 2. The number of carbonyl (C=O) groups is 1. The zero-order valence-electron chi connectivity index (χ0n) is 23.3. The fraction of sp³-hybridized carbons (Fsp3) is 0.194. The van der Waals surface area contributed by atoms with E-state index in [1.807, 2.05) is 6.07 Å². The number of hydrogen-bond donors (Lipinski definition) is 2. The van der Waals surface area contributed by atoms with E-state index in [4.69, 9.17) is 14.2 Å². The molecule has 0 aliphatic heterocycles. The molecule has 0 saturated heterocycles. The van der Waals surface area contributed by atoms with Gasteiger partial charge in [0.25, 0.3) is 0 Å². The van der Waals surface area contributed by atoms with Gasteiger partial charge in [0.05, 0.1) is 44.9 Å². The van der Waals surface area contributed by atoms with E-state index >= 15 is 0 Å². The fourth-order valence-electron chi connectivity index (χ4n) is 4.65. The summed E-state index contributed by atoms with van der Waals surface area (Å²) >= 11 is 0. The molecule has 2 aromatic heterocycles. The van der Waals surface area contributed by atoms with Crippen LogP contribution in [-0.2, 0) is 16.1 Å². The van der Waals surface area contributed by atoms with Gasteiger partial charge in [-0.3, -0.25) is 4.79 Å². The number of nitrogens with zero attached hydrogens (tertiary/aromatic N) is 3. The minimum Gasteiger partial charge on any atom is -0.497 e. The Balaban J connectivity index is 1.61. The Hall–Kier alpha value is -5.19. The van der Waals surface area contributed by atoms with Gasteiger partial charge >= 0.3 is 5.97 Å². The molecule has 3 aromatic carbocycles. The van der Waals surface area contributed by atoms with Crippen LogP contribution in [0, 0.1) is 11.6 Å². The highest BCUT2D eigenvalue weighted by atomic mass is 19.1. The lowest BCUT2D eigenvalue weighted by molar-refractivity contribution is -0.141. The van der Waals surface area contributed by atoms with Crippen LogP contribution in [0.3, 0.4) is 0 Å². The zero-order valence-corrected chi connectivity index (χ0v) is 23.3. The smallest absolute Gasteiger partial charge is 0.312 e. The Morgan fingerprint density at radius 2 is 1.71 bits per heavy atom. The maximum Gasteiger partial charge on any atom is 0.312 e. The molecule has 1 unspecified atom stereocenters. The number of methoxy groups -OCH3 is 3. The van der Waals surface area contributed by atoms with Crippen molar-refractivity contribution in [2.45, 2.75) is 19.4 Å². The van der Waals surface area contributed by atoms with Gasteiger partial charge in [-0.2, -0.15) is 0 Å². The molecule has 0 aliphatic carbocycles. The summed E-state index contributed by atoms with van der Waals surface area (Å²) in [5, 5.41) is 14.7. The third kappa shape index (κ3) is 5.40. The molecule has 1 atom stereocenters. The quantitative estimate of drug-likeness (QED) is 0.201. The summed E-state index contributed by atoms with van der Waals surface area (Å²) in [6, 6.07) is 15.8. The van der Waals surface area contributed by atoms with Crippen LogP contribution >= 0.6 is 0 Å². The van der Waals surface area contributed by atoms with Crippen LogP contribution < -0.4 is 14.8 Å². The van der Waals surface area contributed by atoms with Gasteiger partial charge in [-0.05, 0) is 48.9 Å². The average Bonchev–Trinajstić information content (AvgIpc) is 3.31. The molecule has 2 N–H and O–H groups in total. The molecule has 0 amide bonds. The van der Waals surface area contributed by atoms with Crippen molar-refractivity contribution in [3.8, 4) is 28.8 Å². The summed E-state index contributed by atoms with van der Waals surface area (Å²) in [7, 11) is 4.41. The Bertz CT molecular complexity index is 1750. The van der Waals surface area contributed by atoms with Gasteiger partial charge in [0.15, 0.2) is 5.82 Å². The van der Waals surface area contributed by atoms with Crippen LogP contribution in [0.2, 0.25) is 0 Å². The topological polar surface area (TPSA) is 108 Å².